The van der Waals surface area contributed by atoms with Crippen molar-refractivity contribution >= 4 is 11.8 Å². The average Bonchev–Trinajstić information content (AvgIpc) is 2.47. The van der Waals surface area contributed by atoms with Crippen LogP contribution in [0.5, 0.6) is 11.5 Å². The molecule has 0 amide bonds. The molecule has 2 aromatic rings. The fourth-order valence-corrected chi connectivity index (χ4v) is 2.45. The highest BCUT2D eigenvalue weighted by Gasteiger charge is 2.11. The van der Waals surface area contributed by atoms with Gasteiger partial charge in [0.1, 0.15) is 11.5 Å². The number of hydrogen-bond acceptors (Lipinski definition) is 3. The van der Waals surface area contributed by atoms with Crippen molar-refractivity contribution in [1.82, 2.24) is 0 Å². The Kier molecular flexibility index (Phi) is 4.88. The Morgan fingerprint density at radius 2 is 1.68 bits per heavy atom. The summed E-state index contributed by atoms with van der Waals surface area (Å²) in [6.07, 6.45) is 2.94. The van der Waals surface area contributed by atoms with Crippen LogP contribution in [0.25, 0.3) is 0 Å². The summed E-state index contributed by atoms with van der Waals surface area (Å²) < 4.78 is 6.05. The van der Waals surface area contributed by atoms with Crippen LogP contribution >= 0.6 is 11.8 Å². The maximum atomic E-state index is 6.13. The van der Waals surface area contributed by atoms with Gasteiger partial charge in [-0.3, -0.25) is 0 Å². The molecule has 1 atom stereocenters. The van der Waals surface area contributed by atoms with Gasteiger partial charge in [-0.05, 0) is 30.9 Å². The summed E-state index contributed by atoms with van der Waals surface area (Å²) in [6.45, 7) is 2.08. The molecule has 0 radical (unpaired) electrons. The molecule has 0 spiro atoms. The lowest BCUT2D eigenvalue weighted by Gasteiger charge is -2.16. The fourth-order valence-electron chi connectivity index (χ4n) is 1.92. The number of para-hydroxylation sites is 2. The standard InChI is InChI=1S/C16H19NOS/c1-3-13(17)12-8-4-5-9-14(12)18-15-10-6-7-11-16(15)19-2/h4-11,13H,3,17H2,1-2H3/t13-/m1/s1. The Balaban J connectivity index is 2.33. The average molecular weight is 273 g/mol. The highest BCUT2D eigenvalue weighted by Crippen LogP contribution is 2.34. The maximum Gasteiger partial charge on any atom is 0.140 e. The van der Waals surface area contributed by atoms with Gasteiger partial charge in [0.2, 0.25) is 0 Å². The summed E-state index contributed by atoms with van der Waals surface area (Å²) in [7, 11) is 0. The maximum absolute atomic E-state index is 6.13. The first-order valence-electron chi connectivity index (χ1n) is 6.41. The second-order valence-electron chi connectivity index (χ2n) is 4.31. The minimum Gasteiger partial charge on any atom is -0.456 e. The summed E-state index contributed by atoms with van der Waals surface area (Å²) in [6, 6.07) is 16.0. The van der Waals surface area contributed by atoms with Crippen molar-refractivity contribution in [2.24, 2.45) is 5.73 Å². The first kappa shape index (κ1) is 14.0. The van der Waals surface area contributed by atoms with E-state index >= 15 is 0 Å². The number of ether oxygens (including phenoxy) is 1. The predicted octanol–water partition coefficient (Wildman–Crippen LogP) is 4.61. The Morgan fingerprint density at radius 1 is 1.05 bits per heavy atom. The molecule has 2 rings (SSSR count). The molecule has 0 saturated heterocycles. The van der Waals surface area contributed by atoms with E-state index in [0.717, 1.165) is 28.4 Å². The Bertz CT molecular complexity index is 542. The summed E-state index contributed by atoms with van der Waals surface area (Å²) >= 11 is 1.68. The molecular weight excluding hydrogens is 254 g/mol. The zero-order valence-electron chi connectivity index (χ0n) is 11.3. The molecule has 0 fully saturated rings. The van der Waals surface area contributed by atoms with Crippen LogP contribution in [0.15, 0.2) is 53.4 Å². The first-order valence-corrected chi connectivity index (χ1v) is 7.64. The van der Waals surface area contributed by atoms with Crippen molar-refractivity contribution in [2.75, 3.05) is 6.26 Å². The molecule has 19 heavy (non-hydrogen) atoms. The van der Waals surface area contributed by atoms with E-state index in [9.17, 15) is 0 Å². The third-order valence-corrected chi connectivity index (χ3v) is 3.82. The molecule has 0 aromatic heterocycles. The van der Waals surface area contributed by atoms with Gasteiger partial charge in [-0.15, -0.1) is 11.8 Å². The van der Waals surface area contributed by atoms with Gasteiger partial charge in [0.25, 0.3) is 0 Å². The van der Waals surface area contributed by atoms with Crippen LogP contribution in [-0.4, -0.2) is 6.26 Å². The Morgan fingerprint density at radius 3 is 2.37 bits per heavy atom. The van der Waals surface area contributed by atoms with Crippen molar-refractivity contribution in [1.29, 1.82) is 0 Å². The molecule has 2 N–H and O–H groups in total. The van der Waals surface area contributed by atoms with Gasteiger partial charge < -0.3 is 10.5 Å². The van der Waals surface area contributed by atoms with Gasteiger partial charge in [-0.1, -0.05) is 37.3 Å². The van der Waals surface area contributed by atoms with Crippen molar-refractivity contribution in [3.8, 4) is 11.5 Å². The molecule has 0 aliphatic carbocycles. The summed E-state index contributed by atoms with van der Waals surface area (Å²) in [5.74, 6) is 1.73. The molecule has 2 nitrogen and oxygen atoms in total. The summed E-state index contributed by atoms with van der Waals surface area (Å²) in [5.41, 5.74) is 7.19. The molecule has 0 heterocycles. The van der Waals surface area contributed by atoms with Gasteiger partial charge >= 0.3 is 0 Å². The van der Waals surface area contributed by atoms with Crippen LogP contribution in [-0.2, 0) is 0 Å². The fraction of sp³-hybridized carbons (Fsp3) is 0.250. The zero-order valence-corrected chi connectivity index (χ0v) is 12.1. The second kappa shape index (κ2) is 6.64. The van der Waals surface area contributed by atoms with Crippen LogP contribution in [0.4, 0.5) is 0 Å². The number of nitrogens with two attached hydrogens (primary N) is 1. The third-order valence-electron chi connectivity index (χ3n) is 3.05. The van der Waals surface area contributed by atoms with Gasteiger partial charge in [0.05, 0.1) is 0 Å². The summed E-state index contributed by atoms with van der Waals surface area (Å²) in [5, 5.41) is 0. The van der Waals surface area contributed by atoms with Crippen LogP contribution in [0, 0.1) is 0 Å². The molecule has 0 bridgehead atoms. The molecule has 2 aromatic carbocycles. The lowest BCUT2D eigenvalue weighted by atomic mass is 10.0. The van der Waals surface area contributed by atoms with Crippen molar-refractivity contribution in [3.63, 3.8) is 0 Å². The van der Waals surface area contributed by atoms with Crippen LogP contribution < -0.4 is 10.5 Å². The minimum atomic E-state index is 0.0117. The van der Waals surface area contributed by atoms with Gasteiger partial charge in [0, 0.05) is 16.5 Å². The van der Waals surface area contributed by atoms with E-state index in [0.29, 0.717) is 0 Å². The molecule has 0 aliphatic heterocycles. The zero-order chi connectivity index (χ0) is 13.7. The molecule has 0 unspecified atom stereocenters. The molecular formula is C16H19NOS. The smallest absolute Gasteiger partial charge is 0.140 e. The number of rotatable bonds is 5. The number of thioether (sulfide) groups is 1. The van der Waals surface area contributed by atoms with E-state index in [1.807, 2.05) is 48.7 Å². The SMILES string of the molecule is CC[C@@H](N)c1ccccc1Oc1ccccc1SC. The first-order chi connectivity index (χ1) is 9.26. The third kappa shape index (κ3) is 3.31. The normalized spacial score (nSPS) is 12.2. The van der Waals surface area contributed by atoms with Gasteiger partial charge in [-0.2, -0.15) is 0 Å². The Hall–Kier alpha value is -1.45. The minimum absolute atomic E-state index is 0.0117. The van der Waals surface area contributed by atoms with Crippen molar-refractivity contribution in [3.05, 3.63) is 54.1 Å². The predicted molar refractivity (Wildman–Crippen MR) is 82.0 cm³/mol. The summed E-state index contributed by atoms with van der Waals surface area (Å²) in [4.78, 5) is 1.13. The van der Waals surface area contributed by atoms with Crippen molar-refractivity contribution in [2.45, 2.75) is 24.3 Å². The van der Waals surface area contributed by atoms with E-state index in [-0.39, 0.29) is 6.04 Å². The molecule has 3 heteroatoms. The monoisotopic (exact) mass is 273 g/mol. The van der Waals surface area contributed by atoms with E-state index < -0.39 is 0 Å². The molecule has 0 saturated carbocycles. The van der Waals surface area contributed by atoms with Crippen LogP contribution in [0.3, 0.4) is 0 Å². The van der Waals surface area contributed by atoms with Crippen LogP contribution in [0.1, 0.15) is 24.9 Å². The Labute approximate surface area is 119 Å². The van der Waals surface area contributed by atoms with E-state index in [2.05, 4.69) is 13.0 Å². The van der Waals surface area contributed by atoms with E-state index in [1.165, 1.54) is 0 Å². The second-order valence-corrected chi connectivity index (χ2v) is 5.15. The van der Waals surface area contributed by atoms with Crippen LogP contribution in [0.2, 0.25) is 0 Å². The highest BCUT2D eigenvalue weighted by molar-refractivity contribution is 7.98. The van der Waals surface area contributed by atoms with Crippen molar-refractivity contribution < 1.29 is 4.74 Å². The number of hydrogen-bond donors (Lipinski definition) is 1. The lowest BCUT2D eigenvalue weighted by Crippen LogP contribution is -2.09. The molecule has 0 aliphatic rings. The van der Waals surface area contributed by atoms with Gasteiger partial charge in [0.15, 0.2) is 0 Å². The number of benzene rings is 2. The topological polar surface area (TPSA) is 35.2 Å². The van der Waals surface area contributed by atoms with E-state index in [1.54, 1.807) is 11.8 Å². The molecule has 100 valence electrons. The van der Waals surface area contributed by atoms with Gasteiger partial charge in [-0.25, -0.2) is 0 Å². The largest absolute Gasteiger partial charge is 0.456 e. The van der Waals surface area contributed by atoms with E-state index in [4.69, 9.17) is 10.5 Å². The highest BCUT2D eigenvalue weighted by atomic mass is 32.2. The quantitative estimate of drug-likeness (QED) is 0.808. The lowest BCUT2D eigenvalue weighted by molar-refractivity contribution is 0.458.